The summed E-state index contributed by atoms with van der Waals surface area (Å²) in [6.07, 6.45) is 3.70. The molecule has 0 unspecified atom stereocenters. The predicted molar refractivity (Wildman–Crippen MR) is 109 cm³/mol. The number of hydrogen-bond donors (Lipinski definition) is 0. The number of carbonyl (C=O) groups excluding carboxylic acids is 1. The Morgan fingerprint density at radius 2 is 1.97 bits per heavy atom. The van der Waals surface area contributed by atoms with Crippen molar-refractivity contribution in [2.24, 2.45) is 0 Å². The average Bonchev–Trinajstić information content (AvgIpc) is 3.61. The fourth-order valence-electron chi connectivity index (χ4n) is 3.65. The van der Waals surface area contributed by atoms with Crippen molar-refractivity contribution >= 4 is 16.9 Å². The second kappa shape index (κ2) is 7.50. The molecule has 3 aromatic rings. The van der Waals surface area contributed by atoms with Gasteiger partial charge in [-0.2, -0.15) is 0 Å². The highest BCUT2D eigenvalue weighted by molar-refractivity contribution is 5.89. The molecule has 30 heavy (non-hydrogen) atoms. The van der Waals surface area contributed by atoms with Crippen molar-refractivity contribution in [3.63, 3.8) is 0 Å². The number of ether oxygens (including phenoxy) is 3. The molecule has 2 aliphatic rings. The Labute approximate surface area is 172 Å². The second-order valence-corrected chi connectivity index (χ2v) is 7.45. The zero-order chi connectivity index (χ0) is 20.7. The monoisotopic (exact) mass is 407 g/mol. The third kappa shape index (κ3) is 3.41. The van der Waals surface area contributed by atoms with E-state index in [1.165, 1.54) is 19.1 Å². The zero-order valence-electron chi connectivity index (χ0n) is 16.6. The molecule has 7 heteroatoms. The van der Waals surface area contributed by atoms with Crippen LogP contribution in [-0.4, -0.2) is 30.2 Å². The Morgan fingerprint density at radius 3 is 2.70 bits per heavy atom. The van der Waals surface area contributed by atoms with Crippen molar-refractivity contribution in [3.8, 4) is 17.2 Å². The summed E-state index contributed by atoms with van der Waals surface area (Å²) in [7, 11) is 0. The molecule has 0 spiro atoms. The van der Waals surface area contributed by atoms with Gasteiger partial charge in [0.25, 0.3) is 0 Å². The van der Waals surface area contributed by atoms with Crippen molar-refractivity contribution < 1.29 is 23.4 Å². The number of carbonyl (C=O) groups is 1. The molecule has 0 bridgehead atoms. The summed E-state index contributed by atoms with van der Waals surface area (Å²) in [6.45, 7) is 3.33. The van der Waals surface area contributed by atoms with Crippen LogP contribution in [0, 0.1) is 0 Å². The molecule has 1 aromatic heterocycles. The lowest BCUT2D eigenvalue weighted by molar-refractivity contribution is 0.0526. The first-order valence-electron chi connectivity index (χ1n) is 10.0. The van der Waals surface area contributed by atoms with E-state index in [0.717, 1.165) is 11.3 Å². The second-order valence-electron chi connectivity index (χ2n) is 7.45. The standard InChI is InChI=1S/C23H21NO6/c1-2-27-23(26)14-3-7-16(8-4-14)30-20-12-28-22-17(21(20)25)9-10-19-18(22)11-24(13-29-19)15-5-6-15/h3-4,7-10,12,15H,2,5-6,11,13H2,1H3. The Hall–Kier alpha value is -3.32. The molecule has 0 amide bonds. The van der Waals surface area contributed by atoms with Crippen LogP contribution in [0.15, 0.2) is 51.9 Å². The van der Waals surface area contributed by atoms with E-state index in [4.69, 9.17) is 18.6 Å². The fraction of sp³-hybridized carbons (Fsp3) is 0.304. The van der Waals surface area contributed by atoms with Crippen LogP contribution in [0.3, 0.4) is 0 Å². The van der Waals surface area contributed by atoms with Gasteiger partial charge in [0.1, 0.15) is 30.1 Å². The highest BCUT2D eigenvalue weighted by Gasteiger charge is 2.33. The lowest BCUT2D eigenvalue weighted by Crippen LogP contribution is -2.33. The van der Waals surface area contributed by atoms with Gasteiger partial charge in [0.05, 0.1) is 23.1 Å². The van der Waals surface area contributed by atoms with Gasteiger partial charge in [-0.05, 0) is 56.2 Å². The highest BCUT2D eigenvalue weighted by atomic mass is 16.5. The van der Waals surface area contributed by atoms with E-state index < -0.39 is 5.97 Å². The Bertz CT molecular complexity index is 1160. The van der Waals surface area contributed by atoms with Crippen LogP contribution in [0.25, 0.3) is 11.0 Å². The first kappa shape index (κ1) is 18.7. The number of esters is 1. The first-order valence-corrected chi connectivity index (χ1v) is 10.0. The van der Waals surface area contributed by atoms with Gasteiger partial charge in [0.15, 0.2) is 0 Å². The molecular formula is C23H21NO6. The molecule has 2 heterocycles. The predicted octanol–water partition coefficient (Wildman–Crippen LogP) is 4.08. The Morgan fingerprint density at radius 1 is 1.17 bits per heavy atom. The minimum Gasteiger partial charge on any atom is -0.478 e. The number of fused-ring (bicyclic) bond motifs is 3. The molecule has 0 atom stereocenters. The molecule has 1 aliphatic heterocycles. The van der Waals surface area contributed by atoms with Crippen LogP contribution in [0.4, 0.5) is 0 Å². The Kier molecular flexibility index (Phi) is 4.67. The van der Waals surface area contributed by atoms with Crippen LogP contribution in [0.2, 0.25) is 0 Å². The van der Waals surface area contributed by atoms with E-state index in [0.29, 0.717) is 48.2 Å². The van der Waals surface area contributed by atoms with Crippen molar-refractivity contribution in [1.82, 2.24) is 4.90 Å². The minimum absolute atomic E-state index is 0.0853. The van der Waals surface area contributed by atoms with Gasteiger partial charge < -0.3 is 18.6 Å². The summed E-state index contributed by atoms with van der Waals surface area (Å²) in [4.78, 5) is 27.0. The molecule has 1 fully saturated rings. The summed E-state index contributed by atoms with van der Waals surface area (Å²) < 4.78 is 22.4. The third-order valence-corrected chi connectivity index (χ3v) is 5.37. The SMILES string of the molecule is CCOC(=O)c1ccc(Oc2coc3c4c(ccc3c2=O)OCN(C2CC2)C4)cc1. The summed E-state index contributed by atoms with van der Waals surface area (Å²) in [5.74, 6) is 0.866. The van der Waals surface area contributed by atoms with Crippen LogP contribution in [0.1, 0.15) is 35.7 Å². The summed E-state index contributed by atoms with van der Waals surface area (Å²) in [5, 5.41) is 0.454. The average molecular weight is 407 g/mol. The Balaban J connectivity index is 1.43. The maximum Gasteiger partial charge on any atom is 0.338 e. The molecule has 0 radical (unpaired) electrons. The van der Waals surface area contributed by atoms with E-state index in [1.807, 2.05) is 6.07 Å². The summed E-state index contributed by atoms with van der Waals surface area (Å²) >= 11 is 0. The van der Waals surface area contributed by atoms with E-state index >= 15 is 0 Å². The van der Waals surface area contributed by atoms with Crippen LogP contribution in [0.5, 0.6) is 17.2 Å². The maximum atomic E-state index is 13.0. The molecule has 0 saturated heterocycles. The maximum absolute atomic E-state index is 13.0. The van der Waals surface area contributed by atoms with Crippen LogP contribution >= 0.6 is 0 Å². The van der Waals surface area contributed by atoms with Gasteiger partial charge in [0, 0.05) is 12.6 Å². The van der Waals surface area contributed by atoms with Gasteiger partial charge in [-0.25, -0.2) is 4.79 Å². The molecule has 154 valence electrons. The van der Waals surface area contributed by atoms with E-state index in [1.54, 1.807) is 37.3 Å². The van der Waals surface area contributed by atoms with Gasteiger partial charge >= 0.3 is 5.97 Å². The summed E-state index contributed by atoms with van der Waals surface area (Å²) in [6, 6.07) is 10.5. The van der Waals surface area contributed by atoms with Gasteiger partial charge in [-0.1, -0.05) is 0 Å². The van der Waals surface area contributed by atoms with E-state index in [9.17, 15) is 9.59 Å². The molecule has 2 aromatic carbocycles. The minimum atomic E-state index is -0.401. The number of hydrogen-bond acceptors (Lipinski definition) is 7. The molecule has 0 N–H and O–H groups in total. The van der Waals surface area contributed by atoms with Gasteiger partial charge in [-0.3, -0.25) is 9.69 Å². The smallest absolute Gasteiger partial charge is 0.338 e. The summed E-state index contributed by atoms with van der Waals surface area (Å²) in [5.41, 5.74) is 1.60. The van der Waals surface area contributed by atoms with Crippen molar-refractivity contribution in [1.29, 1.82) is 0 Å². The van der Waals surface area contributed by atoms with Crippen molar-refractivity contribution in [2.45, 2.75) is 32.4 Å². The quantitative estimate of drug-likeness (QED) is 0.590. The number of rotatable bonds is 5. The first-order chi connectivity index (χ1) is 14.6. The van der Waals surface area contributed by atoms with Crippen LogP contribution < -0.4 is 14.9 Å². The van der Waals surface area contributed by atoms with E-state index in [2.05, 4.69) is 4.90 Å². The topological polar surface area (TPSA) is 78.2 Å². The molecule has 5 rings (SSSR count). The fourth-order valence-corrected chi connectivity index (χ4v) is 3.65. The van der Waals surface area contributed by atoms with Gasteiger partial charge in [-0.15, -0.1) is 0 Å². The van der Waals surface area contributed by atoms with Crippen molar-refractivity contribution in [3.05, 3.63) is 64.0 Å². The largest absolute Gasteiger partial charge is 0.478 e. The molecular weight excluding hydrogens is 386 g/mol. The van der Waals surface area contributed by atoms with Gasteiger partial charge in [0.2, 0.25) is 11.2 Å². The zero-order valence-corrected chi connectivity index (χ0v) is 16.6. The normalized spacial score (nSPS) is 16.0. The molecule has 1 aliphatic carbocycles. The van der Waals surface area contributed by atoms with E-state index in [-0.39, 0.29) is 11.2 Å². The van der Waals surface area contributed by atoms with Crippen molar-refractivity contribution in [2.75, 3.05) is 13.3 Å². The lowest BCUT2D eigenvalue weighted by Gasteiger charge is -2.29. The van der Waals surface area contributed by atoms with Crippen LogP contribution in [-0.2, 0) is 11.3 Å². The molecule has 1 saturated carbocycles. The number of nitrogens with zero attached hydrogens (tertiary/aromatic N) is 1. The highest BCUT2D eigenvalue weighted by Crippen LogP contribution is 2.37. The lowest BCUT2D eigenvalue weighted by atomic mass is 10.1. The number of benzene rings is 2. The molecule has 7 nitrogen and oxygen atoms in total. The third-order valence-electron chi connectivity index (χ3n) is 5.37.